The molecule has 0 saturated carbocycles. The number of aryl methyl sites for hydroxylation is 1. The minimum atomic E-state index is -0.438. The maximum absolute atomic E-state index is 9.68. The number of aliphatic hydroxyl groups is 1. The van der Waals surface area contributed by atoms with Crippen molar-refractivity contribution in [2.45, 2.75) is 25.9 Å². The molecule has 1 aromatic heterocycles. The highest BCUT2D eigenvalue weighted by molar-refractivity contribution is 5.24. The van der Waals surface area contributed by atoms with Gasteiger partial charge in [0.1, 0.15) is 0 Å². The van der Waals surface area contributed by atoms with E-state index in [0.29, 0.717) is 6.54 Å². The Balaban J connectivity index is 2.09. The predicted octanol–water partition coefficient (Wildman–Crippen LogP) is 2.39. The molecule has 0 radical (unpaired) electrons. The van der Waals surface area contributed by atoms with Crippen molar-refractivity contribution in [3.05, 3.63) is 65.5 Å². The van der Waals surface area contributed by atoms with E-state index in [-0.39, 0.29) is 6.61 Å². The average Bonchev–Trinajstić information content (AvgIpc) is 2.47. The number of pyridine rings is 1. The van der Waals surface area contributed by atoms with Crippen LogP contribution in [0.15, 0.2) is 48.7 Å². The van der Waals surface area contributed by atoms with Crippen molar-refractivity contribution in [1.29, 1.82) is 0 Å². The number of aliphatic hydroxyl groups excluding tert-OH is 1. The molecular formula is C16H20N2O. The Morgan fingerprint density at radius 3 is 2.47 bits per heavy atom. The predicted molar refractivity (Wildman–Crippen MR) is 76.7 cm³/mol. The summed E-state index contributed by atoms with van der Waals surface area (Å²) < 4.78 is 0. The topological polar surface area (TPSA) is 45.1 Å². The van der Waals surface area contributed by atoms with Crippen LogP contribution < -0.4 is 5.32 Å². The summed E-state index contributed by atoms with van der Waals surface area (Å²) in [6.45, 7) is 4.71. The summed E-state index contributed by atoms with van der Waals surface area (Å²) in [6, 6.07) is 14.0. The summed E-state index contributed by atoms with van der Waals surface area (Å²) in [5, 5.41) is 13.1. The Hall–Kier alpha value is -1.71. The van der Waals surface area contributed by atoms with Crippen LogP contribution in [0.2, 0.25) is 0 Å². The van der Waals surface area contributed by atoms with Gasteiger partial charge in [-0.3, -0.25) is 4.98 Å². The minimum Gasteiger partial charge on any atom is -0.394 e. The van der Waals surface area contributed by atoms with Gasteiger partial charge in [-0.1, -0.05) is 36.4 Å². The van der Waals surface area contributed by atoms with E-state index in [9.17, 15) is 5.11 Å². The van der Waals surface area contributed by atoms with Crippen molar-refractivity contribution >= 4 is 0 Å². The second-order valence-electron chi connectivity index (χ2n) is 5.02. The van der Waals surface area contributed by atoms with Crippen molar-refractivity contribution in [3.8, 4) is 0 Å². The second-order valence-corrected chi connectivity index (χ2v) is 5.02. The van der Waals surface area contributed by atoms with Crippen LogP contribution in [0.4, 0.5) is 0 Å². The molecule has 2 N–H and O–H groups in total. The van der Waals surface area contributed by atoms with Crippen LogP contribution in [-0.4, -0.2) is 16.7 Å². The molecule has 3 nitrogen and oxygen atoms in total. The van der Waals surface area contributed by atoms with E-state index < -0.39 is 5.54 Å². The van der Waals surface area contributed by atoms with E-state index in [4.69, 9.17) is 0 Å². The fraction of sp³-hybridized carbons (Fsp3) is 0.312. The van der Waals surface area contributed by atoms with Gasteiger partial charge >= 0.3 is 0 Å². The van der Waals surface area contributed by atoms with Gasteiger partial charge in [0.25, 0.3) is 0 Å². The Morgan fingerprint density at radius 2 is 1.89 bits per heavy atom. The first-order chi connectivity index (χ1) is 9.14. The van der Waals surface area contributed by atoms with E-state index in [0.717, 1.165) is 16.8 Å². The van der Waals surface area contributed by atoms with Gasteiger partial charge in [-0.15, -0.1) is 0 Å². The van der Waals surface area contributed by atoms with E-state index in [2.05, 4.69) is 16.4 Å². The number of aromatic nitrogens is 1. The average molecular weight is 256 g/mol. The molecule has 0 saturated heterocycles. The maximum Gasteiger partial charge on any atom is 0.0652 e. The molecule has 1 heterocycles. The van der Waals surface area contributed by atoms with Crippen LogP contribution in [0.1, 0.15) is 23.7 Å². The Bertz CT molecular complexity index is 510. The molecule has 0 amide bonds. The molecule has 0 aliphatic carbocycles. The van der Waals surface area contributed by atoms with E-state index in [1.807, 2.05) is 56.4 Å². The summed E-state index contributed by atoms with van der Waals surface area (Å²) in [5.74, 6) is 0. The zero-order valence-electron chi connectivity index (χ0n) is 11.4. The lowest BCUT2D eigenvalue weighted by Crippen LogP contribution is -2.42. The van der Waals surface area contributed by atoms with Crippen LogP contribution in [0.5, 0.6) is 0 Å². The van der Waals surface area contributed by atoms with Gasteiger partial charge in [0.2, 0.25) is 0 Å². The van der Waals surface area contributed by atoms with Crippen molar-refractivity contribution < 1.29 is 5.11 Å². The van der Waals surface area contributed by atoms with Gasteiger partial charge in [0.15, 0.2) is 0 Å². The molecule has 1 unspecified atom stereocenters. The van der Waals surface area contributed by atoms with Gasteiger partial charge in [-0.05, 0) is 31.0 Å². The second kappa shape index (κ2) is 5.95. The molecule has 0 fully saturated rings. The molecule has 19 heavy (non-hydrogen) atoms. The monoisotopic (exact) mass is 256 g/mol. The molecule has 100 valence electrons. The first kappa shape index (κ1) is 13.7. The van der Waals surface area contributed by atoms with Gasteiger partial charge in [0, 0.05) is 18.4 Å². The lowest BCUT2D eigenvalue weighted by molar-refractivity contribution is 0.173. The van der Waals surface area contributed by atoms with E-state index in [1.54, 1.807) is 0 Å². The summed E-state index contributed by atoms with van der Waals surface area (Å²) in [6.07, 6.45) is 1.87. The zero-order valence-corrected chi connectivity index (χ0v) is 11.4. The fourth-order valence-corrected chi connectivity index (χ4v) is 1.96. The molecule has 0 bridgehead atoms. The summed E-state index contributed by atoms with van der Waals surface area (Å²) in [5.41, 5.74) is 2.77. The van der Waals surface area contributed by atoms with Crippen LogP contribution >= 0.6 is 0 Å². The lowest BCUT2D eigenvalue weighted by Gasteiger charge is -2.29. The molecule has 2 aromatic rings. The highest BCUT2D eigenvalue weighted by atomic mass is 16.3. The summed E-state index contributed by atoms with van der Waals surface area (Å²) in [7, 11) is 0. The number of rotatable bonds is 5. The largest absolute Gasteiger partial charge is 0.394 e. The normalized spacial score (nSPS) is 14.1. The van der Waals surface area contributed by atoms with Crippen LogP contribution in [0.25, 0.3) is 0 Å². The third kappa shape index (κ3) is 3.40. The molecule has 1 atom stereocenters. The van der Waals surface area contributed by atoms with E-state index >= 15 is 0 Å². The Kier molecular flexibility index (Phi) is 4.30. The van der Waals surface area contributed by atoms with Gasteiger partial charge in [-0.2, -0.15) is 0 Å². The SMILES string of the molecule is Cc1ccc(CNC(C)(CO)c2ccccc2)cn1. The number of benzene rings is 1. The minimum absolute atomic E-state index is 0.0519. The Labute approximate surface area is 114 Å². The Morgan fingerprint density at radius 1 is 1.16 bits per heavy atom. The van der Waals surface area contributed by atoms with Crippen molar-refractivity contribution in [2.24, 2.45) is 0 Å². The van der Waals surface area contributed by atoms with Crippen LogP contribution in [-0.2, 0) is 12.1 Å². The van der Waals surface area contributed by atoms with Gasteiger partial charge in [-0.25, -0.2) is 0 Å². The zero-order chi connectivity index (χ0) is 13.7. The quantitative estimate of drug-likeness (QED) is 0.863. The van der Waals surface area contributed by atoms with Crippen LogP contribution in [0.3, 0.4) is 0 Å². The standard InChI is InChI=1S/C16H20N2O/c1-13-8-9-14(10-17-13)11-18-16(2,12-19)15-6-4-3-5-7-15/h3-10,18-19H,11-12H2,1-2H3. The van der Waals surface area contributed by atoms with Gasteiger partial charge in [0.05, 0.1) is 12.1 Å². The lowest BCUT2D eigenvalue weighted by atomic mass is 9.92. The third-order valence-electron chi connectivity index (χ3n) is 3.38. The first-order valence-electron chi connectivity index (χ1n) is 6.47. The number of nitrogens with one attached hydrogen (secondary N) is 1. The number of hydrogen-bond acceptors (Lipinski definition) is 3. The smallest absolute Gasteiger partial charge is 0.0652 e. The van der Waals surface area contributed by atoms with Crippen molar-refractivity contribution in [3.63, 3.8) is 0 Å². The molecule has 0 aliphatic rings. The third-order valence-corrected chi connectivity index (χ3v) is 3.38. The summed E-state index contributed by atoms with van der Waals surface area (Å²) in [4.78, 5) is 4.28. The summed E-state index contributed by atoms with van der Waals surface area (Å²) >= 11 is 0. The van der Waals surface area contributed by atoms with E-state index in [1.165, 1.54) is 0 Å². The molecule has 0 aliphatic heterocycles. The molecule has 1 aromatic carbocycles. The fourth-order valence-electron chi connectivity index (χ4n) is 1.96. The number of nitrogens with zero attached hydrogens (tertiary/aromatic N) is 1. The number of hydrogen-bond donors (Lipinski definition) is 2. The van der Waals surface area contributed by atoms with Crippen LogP contribution in [0, 0.1) is 6.92 Å². The first-order valence-corrected chi connectivity index (χ1v) is 6.47. The highest BCUT2D eigenvalue weighted by Gasteiger charge is 2.24. The molecular weight excluding hydrogens is 236 g/mol. The van der Waals surface area contributed by atoms with Crippen molar-refractivity contribution in [1.82, 2.24) is 10.3 Å². The maximum atomic E-state index is 9.68. The van der Waals surface area contributed by atoms with Gasteiger partial charge < -0.3 is 10.4 Å². The molecule has 3 heteroatoms. The highest BCUT2D eigenvalue weighted by Crippen LogP contribution is 2.20. The van der Waals surface area contributed by atoms with Crippen molar-refractivity contribution in [2.75, 3.05) is 6.61 Å². The molecule has 0 spiro atoms. The molecule has 2 rings (SSSR count).